The quantitative estimate of drug-likeness (QED) is 0.757. The van der Waals surface area contributed by atoms with Gasteiger partial charge in [-0.2, -0.15) is 0 Å². The van der Waals surface area contributed by atoms with Crippen molar-refractivity contribution in [3.63, 3.8) is 0 Å². The first-order chi connectivity index (χ1) is 12.1. The van der Waals surface area contributed by atoms with E-state index in [1.54, 1.807) is 0 Å². The van der Waals surface area contributed by atoms with Gasteiger partial charge in [0.1, 0.15) is 0 Å². The molecule has 5 fully saturated rings. The van der Waals surface area contributed by atoms with Crippen molar-refractivity contribution < 1.29 is 24.5 Å². The van der Waals surface area contributed by atoms with Gasteiger partial charge in [-0.1, -0.05) is 5.57 Å². The maximum absolute atomic E-state index is 11.8. The van der Waals surface area contributed by atoms with Gasteiger partial charge in [-0.3, -0.25) is 4.79 Å². The first-order valence-corrected chi connectivity index (χ1v) is 9.96. The molecular formula is C20H26O5. The zero-order valence-corrected chi connectivity index (χ0v) is 14.4. The van der Waals surface area contributed by atoms with Crippen molar-refractivity contribution in [1.82, 2.24) is 0 Å². The molecule has 0 aromatic heterocycles. The minimum atomic E-state index is -1.42. The van der Waals surface area contributed by atoms with Crippen LogP contribution in [-0.2, 0) is 14.3 Å². The number of hydrogen-bond donors (Lipinski definition) is 2. The molecule has 0 radical (unpaired) electrons. The number of fused-ring (bicyclic) bond motifs is 6. The standard InChI is InChI=1S/C20H26O5/c21-9-20(23)16-6-5-14-13-3-1-10-7-11(22)2-4-12(10)17(13)15-8-19(14,16)18(24-15)25-20/h7,12-18,21,23H,1-6,8-9H2/t12-,13-,14-,15-,16-,17+,18?,19+,20+/m0/s1. The van der Waals surface area contributed by atoms with Gasteiger partial charge in [0.25, 0.3) is 0 Å². The number of rotatable bonds is 1. The van der Waals surface area contributed by atoms with E-state index in [1.807, 2.05) is 6.08 Å². The summed E-state index contributed by atoms with van der Waals surface area (Å²) in [4.78, 5) is 11.8. The third kappa shape index (κ3) is 1.67. The Hall–Kier alpha value is -0.750. The van der Waals surface area contributed by atoms with Gasteiger partial charge in [0.15, 0.2) is 17.9 Å². The van der Waals surface area contributed by atoms with Crippen LogP contribution in [0.4, 0.5) is 0 Å². The lowest BCUT2D eigenvalue weighted by Gasteiger charge is -2.52. The smallest absolute Gasteiger partial charge is 0.195 e. The molecular weight excluding hydrogens is 320 g/mol. The highest BCUT2D eigenvalue weighted by atomic mass is 16.8. The second-order valence-corrected chi connectivity index (χ2v) is 9.29. The zero-order chi connectivity index (χ0) is 17.0. The second kappa shape index (κ2) is 4.75. The maximum Gasteiger partial charge on any atom is 0.195 e. The first kappa shape index (κ1) is 15.3. The third-order valence-corrected chi connectivity index (χ3v) is 8.68. The fourth-order valence-electron chi connectivity index (χ4n) is 7.99. The van der Waals surface area contributed by atoms with Crippen LogP contribution >= 0.6 is 0 Å². The summed E-state index contributed by atoms with van der Waals surface area (Å²) in [6.07, 6.45) is 8.52. The maximum atomic E-state index is 11.8. The molecule has 2 heterocycles. The highest BCUT2D eigenvalue weighted by Gasteiger charge is 2.76. The van der Waals surface area contributed by atoms with Crippen molar-refractivity contribution in [3.8, 4) is 0 Å². The van der Waals surface area contributed by atoms with Gasteiger partial charge in [-0.05, 0) is 68.3 Å². The summed E-state index contributed by atoms with van der Waals surface area (Å²) in [5.41, 5.74) is 1.26. The lowest BCUT2D eigenvalue weighted by molar-refractivity contribution is -0.280. The monoisotopic (exact) mass is 346 g/mol. The molecule has 0 aromatic carbocycles. The molecule has 6 rings (SSSR count). The van der Waals surface area contributed by atoms with Gasteiger partial charge in [0, 0.05) is 17.8 Å². The van der Waals surface area contributed by atoms with Crippen LogP contribution in [0.1, 0.15) is 44.9 Å². The van der Waals surface area contributed by atoms with E-state index >= 15 is 0 Å². The van der Waals surface area contributed by atoms with Crippen LogP contribution in [0.15, 0.2) is 11.6 Å². The van der Waals surface area contributed by atoms with Crippen molar-refractivity contribution in [2.24, 2.45) is 35.0 Å². The van der Waals surface area contributed by atoms with E-state index in [-0.39, 0.29) is 30.3 Å². The molecule has 1 spiro atoms. The van der Waals surface area contributed by atoms with E-state index in [4.69, 9.17) is 9.47 Å². The molecule has 5 nitrogen and oxygen atoms in total. The molecule has 3 saturated carbocycles. The Labute approximate surface area is 147 Å². The van der Waals surface area contributed by atoms with Gasteiger partial charge in [-0.25, -0.2) is 0 Å². The number of hydrogen-bond acceptors (Lipinski definition) is 5. The molecule has 2 N–H and O–H groups in total. The van der Waals surface area contributed by atoms with E-state index in [9.17, 15) is 15.0 Å². The zero-order valence-electron chi connectivity index (χ0n) is 14.4. The number of carbonyl (C=O) groups is 1. The van der Waals surface area contributed by atoms with Crippen LogP contribution in [0.5, 0.6) is 0 Å². The Morgan fingerprint density at radius 3 is 2.92 bits per heavy atom. The van der Waals surface area contributed by atoms with Crippen molar-refractivity contribution in [2.45, 2.75) is 63.1 Å². The Kier molecular flexibility index (Phi) is 2.91. The van der Waals surface area contributed by atoms with Crippen LogP contribution < -0.4 is 0 Å². The van der Waals surface area contributed by atoms with Crippen LogP contribution in [0.2, 0.25) is 0 Å². The van der Waals surface area contributed by atoms with Crippen LogP contribution in [-0.4, -0.2) is 40.8 Å². The Morgan fingerprint density at radius 1 is 1.20 bits per heavy atom. The number of ketones is 1. The Morgan fingerprint density at radius 2 is 2.08 bits per heavy atom. The molecule has 4 aliphatic carbocycles. The largest absolute Gasteiger partial charge is 0.391 e. The number of aliphatic hydroxyl groups is 2. The van der Waals surface area contributed by atoms with E-state index in [0.29, 0.717) is 35.9 Å². The SMILES string of the molecule is O=C1C=C2CC[C@@H]3[C@H]([C@@H]4C[C@]56C(O4)O[C@](O)(CO)[C@H]5CC[C@@H]36)[C@H]2CC1. The van der Waals surface area contributed by atoms with Crippen LogP contribution in [0.25, 0.3) is 0 Å². The van der Waals surface area contributed by atoms with E-state index < -0.39 is 5.79 Å². The summed E-state index contributed by atoms with van der Waals surface area (Å²) in [5, 5.41) is 20.5. The molecule has 1 unspecified atom stereocenters. The van der Waals surface area contributed by atoms with Crippen molar-refractivity contribution in [2.75, 3.05) is 6.61 Å². The van der Waals surface area contributed by atoms with Crippen molar-refractivity contribution in [1.29, 1.82) is 0 Å². The van der Waals surface area contributed by atoms with Gasteiger partial charge < -0.3 is 19.7 Å². The fraction of sp³-hybridized carbons (Fsp3) is 0.850. The summed E-state index contributed by atoms with van der Waals surface area (Å²) in [7, 11) is 0. The molecule has 0 amide bonds. The van der Waals surface area contributed by atoms with Gasteiger partial charge in [0.2, 0.25) is 0 Å². The van der Waals surface area contributed by atoms with Gasteiger partial charge in [0.05, 0.1) is 12.7 Å². The molecule has 25 heavy (non-hydrogen) atoms. The first-order valence-electron chi connectivity index (χ1n) is 9.96. The summed E-state index contributed by atoms with van der Waals surface area (Å²) in [5.74, 6) is 0.982. The molecule has 9 atom stereocenters. The predicted octanol–water partition coefficient (Wildman–Crippen LogP) is 1.77. The summed E-state index contributed by atoms with van der Waals surface area (Å²) in [6.45, 7) is -0.345. The van der Waals surface area contributed by atoms with Crippen LogP contribution in [0.3, 0.4) is 0 Å². The predicted molar refractivity (Wildman–Crippen MR) is 87.1 cm³/mol. The van der Waals surface area contributed by atoms with Crippen molar-refractivity contribution >= 4 is 5.78 Å². The molecule has 2 saturated heterocycles. The van der Waals surface area contributed by atoms with E-state index in [2.05, 4.69) is 0 Å². The summed E-state index contributed by atoms with van der Waals surface area (Å²) in [6, 6.07) is 0. The second-order valence-electron chi connectivity index (χ2n) is 9.29. The molecule has 6 aliphatic rings. The average Bonchev–Trinajstić information content (AvgIpc) is 3.20. The number of allylic oxidation sites excluding steroid dienone is 1. The third-order valence-electron chi connectivity index (χ3n) is 8.68. The highest BCUT2D eigenvalue weighted by Crippen LogP contribution is 2.73. The van der Waals surface area contributed by atoms with Gasteiger partial charge >= 0.3 is 0 Å². The fourth-order valence-corrected chi connectivity index (χ4v) is 7.99. The Bertz CT molecular complexity index is 673. The van der Waals surface area contributed by atoms with Gasteiger partial charge in [-0.15, -0.1) is 0 Å². The lowest BCUT2D eigenvalue weighted by atomic mass is 9.51. The number of carbonyl (C=O) groups excluding carboxylic acids is 1. The minimum Gasteiger partial charge on any atom is -0.391 e. The summed E-state index contributed by atoms with van der Waals surface area (Å²) >= 11 is 0. The Balaban J connectivity index is 1.41. The van der Waals surface area contributed by atoms with Crippen LogP contribution in [0, 0.1) is 35.0 Å². The molecule has 5 heteroatoms. The topological polar surface area (TPSA) is 76.0 Å². The van der Waals surface area contributed by atoms with Crippen molar-refractivity contribution in [3.05, 3.63) is 11.6 Å². The lowest BCUT2D eigenvalue weighted by Crippen LogP contribution is -2.52. The molecule has 136 valence electrons. The number of aliphatic hydroxyl groups excluding tert-OH is 1. The summed E-state index contributed by atoms with van der Waals surface area (Å²) < 4.78 is 12.4. The minimum absolute atomic E-state index is 0.00387. The molecule has 2 aliphatic heterocycles. The highest BCUT2D eigenvalue weighted by molar-refractivity contribution is 5.91. The van der Waals surface area contributed by atoms with E-state index in [1.165, 1.54) is 5.57 Å². The molecule has 2 bridgehead atoms. The number of ether oxygens (including phenoxy) is 2. The average molecular weight is 346 g/mol. The normalized spacial score (nSPS) is 58.6. The molecule has 0 aromatic rings. The van der Waals surface area contributed by atoms with E-state index in [0.717, 1.165) is 38.5 Å².